The SMILES string of the molecule is Cc1csc(NC(=O)c2nnc(Cl)s2)n1. The zero-order valence-electron chi connectivity index (χ0n) is 7.52. The fourth-order valence-electron chi connectivity index (χ4n) is 0.859. The lowest BCUT2D eigenvalue weighted by Crippen LogP contribution is -2.11. The number of nitrogens with one attached hydrogen (secondary N) is 1. The topological polar surface area (TPSA) is 67.8 Å². The number of aromatic nitrogens is 3. The third kappa shape index (κ3) is 2.49. The van der Waals surface area contributed by atoms with Crippen molar-refractivity contribution in [2.75, 3.05) is 5.32 Å². The van der Waals surface area contributed by atoms with Gasteiger partial charge in [0.1, 0.15) is 0 Å². The van der Waals surface area contributed by atoms with Crippen molar-refractivity contribution in [1.82, 2.24) is 15.2 Å². The summed E-state index contributed by atoms with van der Waals surface area (Å²) in [5.74, 6) is -0.339. The van der Waals surface area contributed by atoms with Gasteiger partial charge in [-0.25, -0.2) is 4.98 Å². The Kier molecular flexibility index (Phi) is 2.94. The van der Waals surface area contributed by atoms with Crippen LogP contribution in [-0.4, -0.2) is 21.1 Å². The Balaban J connectivity index is 2.10. The van der Waals surface area contributed by atoms with Gasteiger partial charge in [-0.05, 0) is 18.5 Å². The third-order valence-corrected chi connectivity index (χ3v) is 3.33. The lowest BCUT2D eigenvalue weighted by atomic mass is 10.6. The summed E-state index contributed by atoms with van der Waals surface area (Å²) < 4.78 is 0.246. The van der Waals surface area contributed by atoms with Crippen molar-refractivity contribution in [2.24, 2.45) is 0 Å². The van der Waals surface area contributed by atoms with Crippen LogP contribution in [0.15, 0.2) is 5.38 Å². The highest BCUT2D eigenvalue weighted by atomic mass is 35.5. The van der Waals surface area contributed by atoms with Crippen LogP contribution in [0.5, 0.6) is 0 Å². The minimum Gasteiger partial charge on any atom is -0.296 e. The van der Waals surface area contributed by atoms with E-state index in [1.165, 1.54) is 11.3 Å². The van der Waals surface area contributed by atoms with E-state index in [1.807, 2.05) is 12.3 Å². The second-order valence-electron chi connectivity index (χ2n) is 2.61. The monoisotopic (exact) mass is 260 g/mol. The molecule has 0 aliphatic carbocycles. The molecule has 0 atom stereocenters. The summed E-state index contributed by atoms with van der Waals surface area (Å²) in [4.78, 5) is 15.6. The highest BCUT2D eigenvalue weighted by molar-refractivity contribution is 7.17. The average molecular weight is 261 g/mol. The zero-order valence-corrected chi connectivity index (χ0v) is 9.91. The first-order valence-electron chi connectivity index (χ1n) is 3.87. The maximum absolute atomic E-state index is 11.5. The number of rotatable bonds is 2. The zero-order chi connectivity index (χ0) is 10.8. The van der Waals surface area contributed by atoms with E-state index in [0.717, 1.165) is 17.0 Å². The molecule has 1 amide bonds. The molecule has 0 bridgehead atoms. The number of hydrogen-bond acceptors (Lipinski definition) is 6. The molecule has 0 saturated heterocycles. The van der Waals surface area contributed by atoms with Gasteiger partial charge in [-0.1, -0.05) is 11.3 Å². The van der Waals surface area contributed by atoms with Crippen molar-refractivity contribution in [3.63, 3.8) is 0 Å². The van der Waals surface area contributed by atoms with Gasteiger partial charge in [0.05, 0.1) is 5.69 Å². The average Bonchev–Trinajstić information content (AvgIpc) is 2.75. The van der Waals surface area contributed by atoms with E-state index in [-0.39, 0.29) is 15.4 Å². The number of amides is 1. The van der Waals surface area contributed by atoms with Gasteiger partial charge in [0.2, 0.25) is 9.47 Å². The van der Waals surface area contributed by atoms with E-state index < -0.39 is 0 Å². The second-order valence-corrected chi connectivity index (χ2v) is 5.03. The molecule has 0 unspecified atom stereocenters. The highest BCUT2D eigenvalue weighted by Crippen LogP contribution is 2.18. The van der Waals surface area contributed by atoms with Crippen molar-refractivity contribution >= 4 is 45.3 Å². The molecule has 2 heterocycles. The van der Waals surface area contributed by atoms with Crippen LogP contribution in [0.1, 0.15) is 15.5 Å². The van der Waals surface area contributed by atoms with E-state index in [0.29, 0.717) is 5.13 Å². The molecule has 0 aromatic carbocycles. The first kappa shape index (κ1) is 10.5. The number of anilines is 1. The van der Waals surface area contributed by atoms with Gasteiger partial charge >= 0.3 is 0 Å². The lowest BCUT2D eigenvalue weighted by Gasteiger charge is -1.95. The summed E-state index contributed by atoms with van der Waals surface area (Å²) in [6, 6.07) is 0. The molecule has 2 rings (SSSR count). The maximum atomic E-state index is 11.5. The minimum atomic E-state index is -0.339. The summed E-state index contributed by atoms with van der Waals surface area (Å²) in [5, 5.41) is 12.4. The molecule has 0 radical (unpaired) electrons. The van der Waals surface area contributed by atoms with Gasteiger partial charge in [-0.3, -0.25) is 10.1 Å². The van der Waals surface area contributed by atoms with E-state index >= 15 is 0 Å². The van der Waals surface area contributed by atoms with Crippen LogP contribution in [-0.2, 0) is 0 Å². The van der Waals surface area contributed by atoms with Gasteiger partial charge in [0, 0.05) is 5.38 Å². The van der Waals surface area contributed by atoms with E-state index in [1.54, 1.807) is 0 Å². The van der Waals surface area contributed by atoms with Crippen LogP contribution in [0.4, 0.5) is 5.13 Å². The molecule has 2 aromatic heterocycles. The van der Waals surface area contributed by atoms with Gasteiger partial charge < -0.3 is 0 Å². The molecule has 78 valence electrons. The Bertz CT molecular complexity index is 495. The van der Waals surface area contributed by atoms with Crippen molar-refractivity contribution in [2.45, 2.75) is 6.92 Å². The normalized spacial score (nSPS) is 10.3. The summed E-state index contributed by atoms with van der Waals surface area (Å²) in [6.45, 7) is 1.86. The molecule has 5 nitrogen and oxygen atoms in total. The largest absolute Gasteiger partial charge is 0.296 e. The first-order chi connectivity index (χ1) is 7.15. The van der Waals surface area contributed by atoms with Crippen molar-refractivity contribution in [3.8, 4) is 0 Å². The van der Waals surface area contributed by atoms with Gasteiger partial charge in [0.25, 0.3) is 5.91 Å². The minimum absolute atomic E-state index is 0.229. The van der Waals surface area contributed by atoms with Crippen molar-refractivity contribution in [3.05, 3.63) is 20.5 Å². The Morgan fingerprint density at radius 2 is 2.33 bits per heavy atom. The third-order valence-electron chi connectivity index (χ3n) is 1.43. The van der Waals surface area contributed by atoms with Crippen molar-refractivity contribution < 1.29 is 4.79 Å². The number of halogens is 1. The molecule has 0 fully saturated rings. The van der Waals surface area contributed by atoms with Crippen LogP contribution in [0.3, 0.4) is 0 Å². The molecular formula is C7H5ClN4OS2. The Labute approximate surface area is 98.1 Å². The van der Waals surface area contributed by atoms with Crippen molar-refractivity contribution in [1.29, 1.82) is 0 Å². The van der Waals surface area contributed by atoms with Crippen LogP contribution >= 0.6 is 34.3 Å². The van der Waals surface area contributed by atoms with Crippen LogP contribution in [0, 0.1) is 6.92 Å². The van der Waals surface area contributed by atoms with E-state index in [9.17, 15) is 4.79 Å². The quantitative estimate of drug-likeness (QED) is 0.899. The number of carbonyl (C=O) groups is 1. The summed E-state index contributed by atoms with van der Waals surface area (Å²) in [7, 11) is 0. The Morgan fingerprint density at radius 1 is 1.53 bits per heavy atom. The van der Waals surface area contributed by atoms with E-state index in [4.69, 9.17) is 11.6 Å². The van der Waals surface area contributed by atoms with Gasteiger partial charge in [-0.2, -0.15) is 0 Å². The predicted molar refractivity (Wildman–Crippen MR) is 59.7 cm³/mol. The molecule has 0 spiro atoms. The Morgan fingerprint density at radius 3 is 2.87 bits per heavy atom. The summed E-state index contributed by atoms with van der Waals surface area (Å²) in [6.07, 6.45) is 0. The van der Waals surface area contributed by atoms with Gasteiger partial charge in [-0.15, -0.1) is 21.5 Å². The fraction of sp³-hybridized carbons (Fsp3) is 0.143. The van der Waals surface area contributed by atoms with Crippen LogP contribution < -0.4 is 5.32 Å². The number of carbonyl (C=O) groups excluding carboxylic acids is 1. The molecule has 1 N–H and O–H groups in total. The van der Waals surface area contributed by atoms with Gasteiger partial charge in [0.15, 0.2) is 5.13 Å². The standard InChI is InChI=1S/C7H5ClN4OS2/c1-3-2-14-7(9-3)10-4(13)5-11-12-6(8)15-5/h2H,1H3,(H,9,10,13). The Hall–Kier alpha value is -1.05. The second kappa shape index (κ2) is 4.21. The highest BCUT2D eigenvalue weighted by Gasteiger charge is 2.13. The molecule has 0 aliphatic rings. The van der Waals surface area contributed by atoms with Crippen LogP contribution in [0.2, 0.25) is 4.47 Å². The molecule has 0 aliphatic heterocycles. The molecule has 8 heteroatoms. The fourth-order valence-corrected chi connectivity index (χ4v) is 2.27. The maximum Gasteiger partial charge on any atom is 0.288 e. The number of nitrogens with zero attached hydrogens (tertiary/aromatic N) is 3. The first-order valence-corrected chi connectivity index (χ1v) is 5.95. The summed E-state index contributed by atoms with van der Waals surface area (Å²) in [5.41, 5.74) is 0.866. The predicted octanol–water partition coefficient (Wildman–Crippen LogP) is 2.21. The molecule has 15 heavy (non-hydrogen) atoms. The molecule has 0 saturated carbocycles. The smallest absolute Gasteiger partial charge is 0.288 e. The summed E-state index contributed by atoms with van der Waals surface area (Å²) >= 11 is 7.95. The lowest BCUT2D eigenvalue weighted by molar-refractivity contribution is 0.102. The number of aryl methyl sites for hydroxylation is 1. The number of hydrogen-bond donors (Lipinski definition) is 1. The van der Waals surface area contributed by atoms with E-state index in [2.05, 4.69) is 20.5 Å². The molecule has 2 aromatic rings. The van der Waals surface area contributed by atoms with Crippen LogP contribution in [0.25, 0.3) is 0 Å². The number of thiazole rings is 1. The molecular weight excluding hydrogens is 256 g/mol.